The van der Waals surface area contributed by atoms with Crippen LogP contribution in [0.2, 0.25) is 0 Å². The van der Waals surface area contributed by atoms with Crippen LogP contribution in [0.4, 0.5) is 5.69 Å². The standard InChI is InChI=1S/C16H16BrN3O3S/c1-9(2)18-14(21)10-3-5-11(6-4-10)19-16(24)20-15(22)12-7-8-13(17)23-12/h3-9H,1-2H3,(H,18,21)(H2,19,20,22,24). The van der Waals surface area contributed by atoms with E-state index in [4.69, 9.17) is 16.6 Å². The predicted molar refractivity (Wildman–Crippen MR) is 99.1 cm³/mol. The molecule has 1 heterocycles. The molecule has 6 nitrogen and oxygen atoms in total. The fourth-order valence-electron chi connectivity index (χ4n) is 1.81. The van der Waals surface area contributed by atoms with Gasteiger partial charge in [0.1, 0.15) is 0 Å². The summed E-state index contributed by atoms with van der Waals surface area (Å²) in [6.07, 6.45) is 0. The molecule has 0 aliphatic rings. The molecule has 0 unspecified atom stereocenters. The van der Waals surface area contributed by atoms with Crippen LogP contribution in [0.1, 0.15) is 34.8 Å². The summed E-state index contributed by atoms with van der Waals surface area (Å²) in [6.45, 7) is 3.79. The van der Waals surface area contributed by atoms with Crippen molar-refractivity contribution in [2.45, 2.75) is 19.9 Å². The largest absolute Gasteiger partial charge is 0.444 e. The highest BCUT2D eigenvalue weighted by Crippen LogP contribution is 2.14. The number of furan rings is 1. The number of benzene rings is 1. The van der Waals surface area contributed by atoms with Crippen molar-refractivity contribution in [3.05, 3.63) is 52.4 Å². The molecular weight excluding hydrogens is 394 g/mol. The van der Waals surface area contributed by atoms with E-state index in [9.17, 15) is 9.59 Å². The van der Waals surface area contributed by atoms with Gasteiger partial charge in [-0.3, -0.25) is 14.9 Å². The Morgan fingerprint density at radius 3 is 2.29 bits per heavy atom. The van der Waals surface area contributed by atoms with E-state index in [1.165, 1.54) is 6.07 Å². The highest BCUT2D eigenvalue weighted by molar-refractivity contribution is 9.10. The van der Waals surface area contributed by atoms with Gasteiger partial charge in [0.25, 0.3) is 11.8 Å². The van der Waals surface area contributed by atoms with E-state index in [-0.39, 0.29) is 22.8 Å². The molecule has 0 aliphatic carbocycles. The van der Waals surface area contributed by atoms with Crippen LogP contribution in [0, 0.1) is 0 Å². The van der Waals surface area contributed by atoms with Crippen molar-refractivity contribution in [3.63, 3.8) is 0 Å². The summed E-state index contributed by atoms with van der Waals surface area (Å²) in [7, 11) is 0. The SMILES string of the molecule is CC(C)NC(=O)c1ccc(NC(=S)NC(=O)c2ccc(Br)o2)cc1. The number of anilines is 1. The molecule has 0 saturated heterocycles. The van der Waals surface area contributed by atoms with Crippen molar-refractivity contribution in [3.8, 4) is 0 Å². The van der Waals surface area contributed by atoms with Crippen LogP contribution < -0.4 is 16.0 Å². The van der Waals surface area contributed by atoms with Gasteiger partial charge in [0.05, 0.1) is 0 Å². The molecular formula is C16H16BrN3O3S. The van der Waals surface area contributed by atoms with Gasteiger partial charge in [0.2, 0.25) is 0 Å². The first-order chi connectivity index (χ1) is 11.3. The smallest absolute Gasteiger partial charge is 0.293 e. The Hall–Kier alpha value is -2.19. The summed E-state index contributed by atoms with van der Waals surface area (Å²) in [5.41, 5.74) is 1.20. The minimum absolute atomic E-state index is 0.0692. The minimum Gasteiger partial charge on any atom is -0.444 e. The summed E-state index contributed by atoms with van der Waals surface area (Å²) in [6, 6.07) is 9.98. The molecule has 0 aliphatic heterocycles. The molecule has 8 heteroatoms. The third kappa shape index (κ3) is 5.17. The van der Waals surface area contributed by atoms with E-state index in [0.717, 1.165) is 0 Å². The number of rotatable bonds is 4. The maximum atomic E-state index is 11.9. The van der Waals surface area contributed by atoms with Gasteiger partial charge in [-0.15, -0.1) is 0 Å². The molecule has 0 bridgehead atoms. The monoisotopic (exact) mass is 409 g/mol. The normalized spacial score (nSPS) is 10.3. The molecule has 0 atom stereocenters. The van der Waals surface area contributed by atoms with Crippen molar-refractivity contribution < 1.29 is 14.0 Å². The second-order valence-corrected chi connectivity index (χ2v) is 6.41. The lowest BCUT2D eigenvalue weighted by Crippen LogP contribution is -2.34. The highest BCUT2D eigenvalue weighted by Gasteiger charge is 2.12. The number of amides is 2. The van der Waals surface area contributed by atoms with Crippen LogP contribution >= 0.6 is 28.1 Å². The second-order valence-electron chi connectivity index (χ2n) is 5.22. The number of halogens is 1. The van der Waals surface area contributed by atoms with E-state index in [1.54, 1.807) is 30.3 Å². The lowest BCUT2D eigenvalue weighted by atomic mass is 10.2. The third-order valence-electron chi connectivity index (χ3n) is 2.85. The van der Waals surface area contributed by atoms with Crippen LogP contribution in [0.3, 0.4) is 0 Å². The van der Waals surface area contributed by atoms with Gasteiger partial charge in [0.15, 0.2) is 15.5 Å². The maximum absolute atomic E-state index is 11.9. The maximum Gasteiger partial charge on any atom is 0.293 e. The second kappa shape index (κ2) is 8.07. The molecule has 0 fully saturated rings. The van der Waals surface area contributed by atoms with Crippen LogP contribution in [0.25, 0.3) is 0 Å². The van der Waals surface area contributed by atoms with Crippen LogP contribution in [-0.4, -0.2) is 23.0 Å². The Morgan fingerprint density at radius 2 is 1.75 bits per heavy atom. The number of hydrogen-bond acceptors (Lipinski definition) is 4. The molecule has 0 spiro atoms. The Balaban J connectivity index is 1.92. The van der Waals surface area contributed by atoms with E-state index >= 15 is 0 Å². The molecule has 3 N–H and O–H groups in total. The molecule has 126 valence electrons. The minimum atomic E-state index is -0.453. The molecule has 2 aromatic rings. The lowest BCUT2D eigenvalue weighted by molar-refractivity contribution is 0.0937. The average Bonchev–Trinajstić information content (AvgIpc) is 2.94. The van der Waals surface area contributed by atoms with Gasteiger partial charge >= 0.3 is 0 Å². The van der Waals surface area contributed by atoms with E-state index in [0.29, 0.717) is 15.9 Å². The zero-order valence-corrected chi connectivity index (χ0v) is 15.5. The fraction of sp³-hybridized carbons (Fsp3) is 0.188. The van der Waals surface area contributed by atoms with E-state index < -0.39 is 5.91 Å². The summed E-state index contributed by atoms with van der Waals surface area (Å²) in [4.78, 5) is 23.8. The Morgan fingerprint density at radius 1 is 1.08 bits per heavy atom. The topological polar surface area (TPSA) is 83.4 Å². The molecule has 1 aromatic heterocycles. The predicted octanol–water partition coefficient (Wildman–Crippen LogP) is 3.31. The first kappa shape index (κ1) is 18.2. The molecule has 24 heavy (non-hydrogen) atoms. The van der Waals surface area contributed by atoms with E-state index in [1.807, 2.05) is 13.8 Å². The quantitative estimate of drug-likeness (QED) is 0.674. The summed E-state index contributed by atoms with van der Waals surface area (Å²) in [5.74, 6) is -0.450. The lowest BCUT2D eigenvalue weighted by Gasteiger charge is -2.10. The zero-order valence-electron chi connectivity index (χ0n) is 13.1. The zero-order chi connectivity index (χ0) is 17.7. The van der Waals surface area contributed by atoms with Crippen LogP contribution in [0.5, 0.6) is 0 Å². The first-order valence-corrected chi connectivity index (χ1v) is 8.34. The van der Waals surface area contributed by atoms with Crippen LogP contribution in [-0.2, 0) is 0 Å². The Bertz CT molecular complexity index is 756. The number of carbonyl (C=O) groups is 2. The molecule has 2 amide bonds. The Labute approximate surface area is 153 Å². The average molecular weight is 410 g/mol. The van der Waals surface area contributed by atoms with Gasteiger partial charge in [-0.05, 0) is 78.4 Å². The summed E-state index contributed by atoms with van der Waals surface area (Å²) in [5, 5.41) is 8.32. The number of carbonyl (C=O) groups excluding carboxylic acids is 2. The van der Waals surface area contributed by atoms with Crippen molar-refractivity contribution in [1.29, 1.82) is 0 Å². The number of thiocarbonyl (C=S) groups is 1. The first-order valence-electron chi connectivity index (χ1n) is 7.14. The molecule has 2 rings (SSSR count). The van der Waals surface area contributed by atoms with E-state index in [2.05, 4.69) is 31.9 Å². The van der Waals surface area contributed by atoms with Gasteiger partial charge in [0, 0.05) is 17.3 Å². The fourth-order valence-corrected chi connectivity index (χ4v) is 2.33. The van der Waals surface area contributed by atoms with Crippen molar-refractivity contribution in [1.82, 2.24) is 10.6 Å². The number of hydrogen-bond donors (Lipinski definition) is 3. The summed E-state index contributed by atoms with van der Waals surface area (Å²) >= 11 is 8.21. The van der Waals surface area contributed by atoms with Gasteiger partial charge in [-0.2, -0.15) is 0 Å². The third-order valence-corrected chi connectivity index (χ3v) is 3.48. The van der Waals surface area contributed by atoms with Crippen molar-refractivity contribution in [2.24, 2.45) is 0 Å². The van der Waals surface area contributed by atoms with Crippen molar-refractivity contribution in [2.75, 3.05) is 5.32 Å². The molecule has 1 aromatic carbocycles. The highest BCUT2D eigenvalue weighted by atomic mass is 79.9. The van der Waals surface area contributed by atoms with Gasteiger partial charge in [-0.25, -0.2) is 0 Å². The number of nitrogens with one attached hydrogen (secondary N) is 3. The van der Waals surface area contributed by atoms with Gasteiger partial charge < -0.3 is 15.1 Å². The Kier molecular flexibility index (Phi) is 6.10. The van der Waals surface area contributed by atoms with Gasteiger partial charge in [-0.1, -0.05) is 0 Å². The molecule has 0 saturated carbocycles. The molecule has 0 radical (unpaired) electrons. The van der Waals surface area contributed by atoms with Crippen LogP contribution in [0.15, 0.2) is 45.5 Å². The summed E-state index contributed by atoms with van der Waals surface area (Å²) < 4.78 is 5.60. The van der Waals surface area contributed by atoms with Crippen molar-refractivity contribution >= 4 is 50.8 Å².